The third-order valence-electron chi connectivity index (χ3n) is 3.72. The topological polar surface area (TPSA) is 83.8 Å². The molecule has 0 spiro atoms. The molecule has 0 aromatic carbocycles. The Bertz CT molecular complexity index is 639. The molecule has 6 nitrogen and oxygen atoms in total. The first-order chi connectivity index (χ1) is 13.8. The van der Waals surface area contributed by atoms with Crippen molar-refractivity contribution >= 4 is 34.7 Å². The van der Waals surface area contributed by atoms with Gasteiger partial charge in [-0.2, -0.15) is 0 Å². The van der Waals surface area contributed by atoms with E-state index in [0.29, 0.717) is 0 Å². The van der Waals surface area contributed by atoms with Crippen LogP contribution in [0.5, 0.6) is 0 Å². The fourth-order valence-corrected chi connectivity index (χ4v) is 5.11. The van der Waals surface area contributed by atoms with Crippen molar-refractivity contribution in [2.75, 3.05) is 0 Å². The van der Waals surface area contributed by atoms with Crippen molar-refractivity contribution in [3.63, 3.8) is 0 Å². The van der Waals surface area contributed by atoms with Crippen molar-refractivity contribution in [2.45, 2.75) is 81.2 Å². The van der Waals surface area contributed by atoms with Crippen molar-refractivity contribution in [1.82, 2.24) is 3.53 Å². The number of carbonyl (C=O) groups is 2. The Kier molecular flexibility index (Phi) is 11.9. The van der Waals surface area contributed by atoms with Crippen molar-refractivity contribution in [3.8, 4) is 0 Å². The van der Waals surface area contributed by atoms with E-state index >= 15 is 0 Å². The van der Waals surface area contributed by atoms with Crippen molar-refractivity contribution < 1.29 is 91.1 Å². The number of hydrogen-bond donors (Lipinski definition) is 1. The molecular weight excluding hydrogens is 769 g/mol. The molecule has 0 saturated carbocycles. The summed E-state index contributed by atoms with van der Waals surface area (Å²) >= 11 is 1.17. The van der Waals surface area contributed by atoms with Crippen molar-refractivity contribution in [2.24, 2.45) is 5.92 Å². The predicted molar refractivity (Wildman–Crippen MR) is 100 cm³/mol. The summed E-state index contributed by atoms with van der Waals surface area (Å²) in [6.07, 6.45) is -18.2. The number of hydrogen-bond acceptors (Lipinski definition) is 6. The van der Waals surface area contributed by atoms with Crippen LogP contribution in [-0.4, -0.2) is 45.8 Å². The van der Waals surface area contributed by atoms with Gasteiger partial charge in [-0.25, -0.2) is 0 Å². The minimum atomic E-state index is -6.05. The molecule has 0 amide bonds. The van der Waals surface area contributed by atoms with Crippen LogP contribution in [0.25, 0.3) is 0 Å². The van der Waals surface area contributed by atoms with Gasteiger partial charge in [0.1, 0.15) is 0 Å². The zero-order valence-corrected chi connectivity index (χ0v) is 23.5. The quantitative estimate of drug-likeness (QED) is 0.0467. The average Bonchev–Trinajstić information content (AvgIpc) is 3.33. The summed E-state index contributed by atoms with van der Waals surface area (Å²) in [7, 11) is 0. The van der Waals surface area contributed by atoms with Crippen LogP contribution in [0, 0.1) is 9.84 Å². The summed E-state index contributed by atoms with van der Waals surface area (Å²) < 4.78 is 99.0. The molecule has 1 fully saturated rings. The van der Waals surface area contributed by atoms with Crippen LogP contribution >= 0.6 is 22.6 Å². The normalized spacial score (nSPS) is 18.1. The van der Waals surface area contributed by atoms with Crippen LogP contribution in [0.1, 0.15) is 47.5 Å². The molecule has 193 valence electrons. The molecule has 1 aliphatic heterocycles. The Morgan fingerprint density at radius 2 is 1.53 bits per heavy atom. The van der Waals surface area contributed by atoms with Gasteiger partial charge in [0, 0.05) is 19.5 Å². The second-order valence-electron chi connectivity index (χ2n) is 8.18. The third kappa shape index (κ3) is 9.47. The molecule has 15 heteroatoms. The van der Waals surface area contributed by atoms with E-state index in [2.05, 4.69) is 13.0 Å². The zero-order chi connectivity index (χ0) is 24.4. The third-order valence-corrected chi connectivity index (χ3v) is 7.85. The SMILES string of the molecule is CC(C)CC(CC(OC(=O)OC(C)(C)C)(C(F)(F)F)C(F)(F)F)OC(=O)[C-](I)C1N[I-]1.[Rh]. The maximum Gasteiger partial charge on any atom is 0 e. The average molecular weight is 792 g/mol. The minimum absolute atomic E-state index is 0. The standard InChI is InChI=1S/C17H23F6I2NO5.Rh/c1-8(2)6-9(29-12(27)10(24)11-25-26-11)7-15(16(18,19)20,17(21,22)23)31-13(28)30-14(3,4)5;/h8-9,11,26H,6-7H2,1-5H3;/q-2;. The number of alkyl halides is 7. The van der Waals surface area contributed by atoms with Crippen LogP contribution < -0.4 is 25.0 Å². The summed E-state index contributed by atoms with van der Waals surface area (Å²) in [5, 5.41) is 0. The van der Waals surface area contributed by atoms with E-state index in [0.717, 1.165) is 0 Å². The Balaban J connectivity index is 0.00000961. The first-order valence-corrected chi connectivity index (χ1v) is 12.4. The number of esters is 1. The van der Waals surface area contributed by atoms with Gasteiger partial charge in [0.05, 0.1) is 0 Å². The molecule has 2 atom stereocenters. The number of rotatable bonds is 8. The summed E-state index contributed by atoms with van der Waals surface area (Å²) in [4.78, 5) is 24.1. The van der Waals surface area contributed by atoms with Gasteiger partial charge in [0.2, 0.25) is 0 Å². The maximum atomic E-state index is 13.8. The fourth-order valence-electron chi connectivity index (χ4n) is 2.42. The van der Waals surface area contributed by atoms with Crippen LogP contribution in [-0.2, 0) is 38.5 Å². The molecule has 2 unspecified atom stereocenters. The van der Waals surface area contributed by atoms with Gasteiger partial charge in [-0.1, -0.05) is 0 Å². The van der Waals surface area contributed by atoms with E-state index in [9.17, 15) is 35.9 Å². The molecule has 1 radical (unpaired) electrons. The molecule has 1 aliphatic rings. The largest absolute Gasteiger partial charge is 0 e. The first-order valence-electron chi connectivity index (χ1n) is 8.95. The number of nitrogens with one attached hydrogen (secondary N) is 1. The Morgan fingerprint density at radius 3 is 1.88 bits per heavy atom. The maximum absolute atomic E-state index is 13.8. The smallest absolute Gasteiger partial charge is 0 e. The number of ether oxygens (including phenoxy) is 3. The molecule has 0 aromatic heterocycles. The van der Waals surface area contributed by atoms with Gasteiger partial charge >= 0.3 is 201 Å². The summed E-state index contributed by atoms with van der Waals surface area (Å²) in [5.74, 6) is -1.42. The zero-order valence-electron chi connectivity index (χ0n) is 17.5. The van der Waals surface area contributed by atoms with E-state index < -0.39 is 75.6 Å². The molecular formula is C17H23F6I2NO5Rh-2. The molecule has 0 aromatic rings. The van der Waals surface area contributed by atoms with E-state index in [-0.39, 0.29) is 33.9 Å². The number of halogens is 8. The van der Waals surface area contributed by atoms with Crippen molar-refractivity contribution in [1.29, 1.82) is 0 Å². The molecule has 0 aliphatic carbocycles. The van der Waals surface area contributed by atoms with Crippen LogP contribution in [0.3, 0.4) is 0 Å². The molecule has 1 rings (SSSR count). The summed E-state index contributed by atoms with van der Waals surface area (Å²) in [6, 6.07) is 0. The molecule has 0 bridgehead atoms. The minimum Gasteiger partial charge on any atom is 0 e. The van der Waals surface area contributed by atoms with E-state index in [1.165, 1.54) is 20.8 Å². The van der Waals surface area contributed by atoms with Crippen LogP contribution in [0.15, 0.2) is 0 Å². The van der Waals surface area contributed by atoms with Gasteiger partial charge in [-0.05, 0) is 0 Å². The molecule has 32 heavy (non-hydrogen) atoms. The Morgan fingerprint density at radius 1 is 1.06 bits per heavy atom. The summed E-state index contributed by atoms with van der Waals surface area (Å²) in [5.41, 5.74) is -6.31. The van der Waals surface area contributed by atoms with Crippen molar-refractivity contribution in [3.05, 3.63) is 3.92 Å². The van der Waals surface area contributed by atoms with E-state index in [1.54, 1.807) is 36.4 Å². The molecule has 1 heterocycles. The molecule has 1 saturated heterocycles. The molecule has 1 N–H and O–H groups in total. The van der Waals surface area contributed by atoms with Gasteiger partial charge in [-0.15, -0.1) is 0 Å². The monoisotopic (exact) mass is 792 g/mol. The number of carbonyl (C=O) groups excluding carboxylic acids is 2. The van der Waals surface area contributed by atoms with E-state index in [4.69, 9.17) is 4.74 Å². The first kappa shape index (κ1) is 32.2. The van der Waals surface area contributed by atoms with E-state index in [1.807, 2.05) is 0 Å². The van der Waals surface area contributed by atoms with Crippen LogP contribution in [0.4, 0.5) is 31.1 Å². The van der Waals surface area contributed by atoms with Gasteiger partial charge in [0.15, 0.2) is 0 Å². The van der Waals surface area contributed by atoms with Gasteiger partial charge in [0.25, 0.3) is 0 Å². The van der Waals surface area contributed by atoms with Gasteiger partial charge < -0.3 is 0 Å². The second kappa shape index (κ2) is 11.8. The van der Waals surface area contributed by atoms with Gasteiger partial charge in [-0.3, -0.25) is 0 Å². The summed E-state index contributed by atoms with van der Waals surface area (Å²) in [6.45, 7) is 6.86. The second-order valence-corrected chi connectivity index (χ2v) is 11.8. The predicted octanol–water partition coefficient (Wildman–Crippen LogP) is 2.05. The Labute approximate surface area is 219 Å². The van der Waals surface area contributed by atoms with Crippen LogP contribution in [0.2, 0.25) is 0 Å². The Hall–Kier alpha value is 0.233. The fraction of sp³-hybridized carbons (Fsp3) is 0.824.